The van der Waals surface area contributed by atoms with E-state index in [1.807, 2.05) is 38.1 Å². The van der Waals surface area contributed by atoms with Crippen LogP contribution in [0.2, 0.25) is 0 Å². The predicted octanol–water partition coefficient (Wildman–Crippen LogP) is 7.39. The Balaban J connectivity index is 1.49. The van der Waals surface area contributed by atoms with E-state index in [1.54, 1.807) is 24.3 Å². The van der Waals surface area contributed by atoms with Gasteiger partial charge in [-0.3, -0.25) is 9.59 Å². The van der Waals surface area contributed by atoms with Gasteiger partial charge in [0.2, 0.25) is 0 Å². The second-order valence-corrected chi connectivity index (χ2v) is 10.9. The summed E-state index contributed by atoms with van der Waals surface area (Å²) in [4.78, 5) is 24.6. The zero-order chi connectivity index (χ0) is 24.8. The van der Waals surface area contributed by atoms with Crippen molar-refractivity contribution in [2.24, 2.45) is 0 Å². The van der Waals surface area contributed by atoms with Crippen LogP contribution in [0.3, 0.4) is 0 Å². The molecule has 6 nitrogen and oxygen atoms in total. The highest BCUT2D eigenvalue weighted by atomic mass is 79.9. The Bertz CT molecular complexity index is 1080. The maximum Gasteiger partial charge on any atom is 0.262 e. The molecule has 0 saturated heterocycles. The van der Waals surface area contributed by atoms with Crippen LogP contribution in [0.4, 0.5) is 11.4 Å². The van der Waals surface area contributed by atoms with Gasteiger partial charge in [0, 0.05) is 20.3 Å². The number of hydrogen-bond acceptors (Lipinski definition) is 4. The van der Waals surface area contributed by atoms with Crippen molar-refractivity contribution in [3.63, 3.8) is 0 Å². The standard InChI is InChI=1S/C24H20Br4N2O4/c1-13-7-15(25)9-19(27)23(13)33-11-21(31)29-17-3-5-18(6-4-17)30-22(32)12-34-24-14(2)8-16(26)10-20(24)28/h3-10H,11-12H2,1-2H3,(H,29,31)(H,30,32). The van der Waals surface area contributed by atoms with Gasteiger partial charge in [0.05, 0.1) is 8.95 Å². The molecule has 34 heavy (non-hydrogen) atoms. The molecular formula is C24H20Br4N2O4. The molecule has 0 atom stereocenters. The van der Waals surface area contributed by atoms with E-state index in [-0.39, 0.29) is 25.0 Å². The molecule has 0 bridgehead atoms. The number of amides is 2. The van der Waals surface area contributed by atoms with Crippen molar-refractivity contribution < 1.29 is 19.1 Å². The van der Waals surface area contributed by atoms with E-state index in [1.165, 1.54) is 0 Å². The summed E-state index contributed by atoms with van der Waals surface area (Å²) >= 11 is 13.7. The first-order chi connectivity index (χ1) is 16.1. The van der Waals surface area contributed by atoms with Crippen LogP contribution in [0, 0.1) is 13.8 Å². The molecule has 3 rings (SSSR count). The van der Waals surface area contributed by atoms with Gasteiger partial charge in [0.15, 0.2) is 13.2 Å². The minimum atomic E-state index is -0.296. The third-order valence-electron chi connectivity index (χ3n) is 4.54. The van der Waals surface area contributed by atoms with E-state index < -0.39 is 0 Å². The molecule has 0 heterocycles. The van der Waals surface area contributed by atoms with Gasteiger partial charge in [-0.15, -0.1) is 0 Å². The average Bonchev–Trinajstić information content (AvgIpc) is 2.73. The third-order valence-corrected chi connectivity index (χ3v) is 6.63. The molecule has 0 saturated carbocycles. The van der Waals surface area contributed by atoms with Gasteiger partial charge < -0.3 is 20.1 Å². The summed E-state index contributed by atoms with van der Waals surface area (Å²) in [6.07, 6.45) is 0. The van der Waals surface area contributed by atoms with E-state index >= 15 is 0 Å². The van der Waals surface area contributed by atoms with Crippen LogP contribution in [0.5, 0.6) is 11.5 Å². The van der Waals surface area contributed by atoms with Crippen LogP contribution >= 0.6 is 63.7 Å². The molecule has 178 valence electrons. The molecule has 0 fully saturated rings. The molecule has 0 aromatic heterocycles. The van der Waals surface area contributed by atoms with E-state index in [0.717, 1.165) is 29.0 Å². The van der Waals surface area contributed by atoms with Crippen LogP contribution in [0.25, 0.3) is 0 Å². The number of carbonyl (C=O) groups excluding carboxylic acids is 2. The van der Waals surface area contributed by atoms with Crippen LogP contribution in [-0.4, -0.2) is 25.0 Å². The van der Waals surface area contributed by atoms with Gasteiger partial charge in [-0.1, -0.05) is 31.9 Å². The summed E-state index contributed by atoms with van der Waals surface area (Å²) in [5.74, 6) is 0.637. The van der Waals surface area contributed by atoms with E-state index in [4.69, 9.17) is 9.47 Å². The van der Waals surface area contributed by atoms with Crippen molar-refractivity contribution in [3.8, 4) is 11.5 Å². The lowest BCUT2D eigenvalue weighted by molar-refractivity contribution is -0.118. The predicted molar refractivity (Wildman–Crippen MR) is 148 cm³/mol. The van der Waals surface area contributed by atoms with Gasteiger partial charge in [-0.25, -0.2) is 0 Å². The summed E-state index contributed by atoms with van der Waals surface area (Å²) < 4.78 is 14.7. The summed E-state index contributed by atoms with van der Waals surface area (Å²) in [5.41, 5.74) is 2.98. The Morgan fingerprint density at radius 1 is 0.676 bits per heavy atom. The third kappa shape index (κ3) is 7.56. The highest BCUT2D eigenvalue weighted by Gasteiger charge is 2.12. The molecule has 0 spiro atoms. The van der Waals surface area contributed by atoms with Gasteiger partial charge in [-0.05, 0) is 105 Å². The summed E-state index contributed by atoms with van der Waals surface area (Å²) in [5, 5.41) is 5.54. The molecule has 3 aromatic rings. The first-order valence-corrected chi connectivity index (χ1v) is 13.2. The van der Waals surface area contributed by atoms with Crippen molar-refractivity contribution in [1.29, 1.82) is 0 Å². The number of hydrogen-bond donors (Lipinski definition) is 2. The van der Waals surface area contributed by atoms with E-state index in [2.05, 4.69) is 74.4 Å². The first-order valence-electron chi connectivity index (χ1n) is 9.99. The lowest BCUT2D eigenvalue weighted by Crippen LogP contribution is -2.21. The number of benzene rings is 3. The SMILES string of the molecule is Cc1cc(Br)cc(Br)c1OCC(=O)Nc1ccc(NC(=O)COc2c(C)cc(Br)cc2Br)cc1. The average molecular weight is 720 g/mol. The van der Waals surface area contributed by atoms with E-state index in [9.17, 15) is 9.59 Å². The zero-order valence-corrected chi connectivity index (χ0v) is 24.5. The maximum absolute atomic E-state index is 12.3. The molecule has 0 aliphatic carbocycles. The molecule has 3 aromatic carbocycles. The number of rotatable bonds is 8. The molecule has 0 aliphatic rings. The van der Waals surface area contributed by atoms with Crippen molar-refractivity contribution in [2.75, 3.05) is 23.8 Å². The monoisotopic (exact) mass is 716 g/mol. The Hall–Kier alpha value is -1.88. The number of anilines is 2. The topological polar surface area (TPSA) is 76.7 Å². The van der Waals surface area contributed by atoms with Crippen molar-refractivity contribution in [1.82, 2.24) is 0 Å². The van der Waals surface area contributed by atoms with Crippen molar-refractivity contribution in [2.45, 2.75) is 13.8 Å². The molecule has 0 radical (unpaired) electrons. The maximum atomic E-state index is 12.3. The minimum absolute atomic E-state index is 0.137. The van der Waals surface area contributed by atoms with Gasteiger partial charge >= 0.3 is 0 Å². The van der Waals surface area contributed by atoms with Gasteiger partial charge in [-0.2, -0.15) is 0 Å². The summed E-state index contributed by atoms with van der Waals surface area (Å²) in [7, 11) is 0. The van der Waals surface area contributed by atoms with Crippen LogP contribution in [0.1, 0.15) is 11.1 Å². The molecule has 2 N–H and O–H groups in total. The smallest absolute Gasteiger partial charge is 0.262 e. The number of aryl methyl sites for hydroxylation is 2. The zero-order valence-electron chi connectivity index (χ0n) is 18.2. The quantitative estimate of drug-likeness (QED) is 0.255. The molecular weight excluding hydrogens is 700 g/mol. The van der Waals surface area contributed by atoms with Crippen LogP contribution in [-0.2, 0) is 9.59 Å². The number of carbonyl (C=O) groups is 2. The highest BCUT2D eigenvalue weighted by molar-refractivity contribution is 9.11. The van der Waals surface area contributed by atoms with Crippen LogP contribution in [0.15, 0.2) is 66.4 Å². The minimum Gasteiger partial charge on any atom is -0.482 e. The van der Waals surface area contributed by atoms with E-state index in [0.29, 0.717) is 22.9 Å². The normalized spacial score (nSPS) is 10.5. The summed E-state index contributed by atoms with van der Waals surface area (Å²) in [6, 6.07) is 14.3. The highest BCUT2D eigenvalue weighted by Crippen LogP contribution is 2.33. The Labute approximate surface area is 231 Å². The molecule has 10 heteroatoms. The Kier molecular flexibility index (Phi) is 9.58. The van der Waals surface area contributed by atoms with Crippen molar-refractivity contribution >= 4 is 86.9 Å². The number of nitrogens with one attached hydrogen (secondary N) is 2. The number of halogens is 4. The first kappa shape index (κ1) is 26.7. The largest absolute Gasteiger partial charge is 0.482 e. The molecule has 0 unspecified atom stereocenters. The fourth-order valence-electron chi connectivity index (χ4n) is 3.05. The van der Waals surface area contributed by atoms with Crippen molar-refractivity contribution in [3.05, 3.63) is 77.5 Å². The lowest BCUT2D eigenvalue weighted by Gasteiger charge is -2.13. The van der Waals surface area contributed by atoms with Gasteiger partial charge in [0.1, 0.15) is 11.5 Å². The lowest BCUT2D eigenvalue weighted by atomic mass is 10.2. The molecule has 0 aliphatic heterocycles. The van der Waals surface area contributed by atoms with Gasteiger partial charge in [0.25, 0.3) is 11.8 Å². The second-order valence-electron chi connectivity index (χ2n) is 7.32. The summed E-state index contributed by atoms with van der Waals surface area (Å²) in [6.45, 7) is 3.53. The van der Waals surface area contributed by atoms with Crippen LogP contribution < -0.4 is 20.1 Å². The Morgan fingerprint density at radius 2 is 1.03 bits per heavy atom. The fourth-order valence-corrected chi connectivity index (χ4v) is 6.16. The fraction of sp³-hybridized carbons (Fsp3) is 0.167. The Morgan fingerprint density at radius 3 is 1.35 bits per heavy atom. The second kappa shape index (κ2) is 12.2. The number of ether oxygens (including phenoxy) is 2. The molecule has 2 amide bonds.